The number of anilines is 1. The Labute approximate surface area is 198 Å². The molecular formula is C23H28ClN3O2S2. The monoisotopic (exact) mass is 477 g/mol. The quantitative estimate of drug-likeness (QED) is 0.442. The van der Waals surface area contributed by atoms with Crippen LogP contribution in [-0.4, -0.2) is 61.4 Å². The number of aromatic nitrogens is 1. The van der Waals surface area contributed by atoms with Crippen molar-refractivity contribution in [1.29, 1.82) is 0 Å². The summed E-state index contributed by atoms with van der Waals surface area (Å²) in [4.78, 5) is 23.6. The van der Waals surface area contributed by atoms with Crippen molar-refractivity contribution in [2.24, 2.45) is 0 Å². The van der Waals surface area contributed by atoms with Crippen molar-refractivity contribution in [3.8, 4) is 0 Å². The summed E-state index contributed by atoms with van der Waals surface area (Å²) in [7, 11) is 0. The Kier molecular flexibility index (Phi) is 8.75. The van der Waals surface area contributed by atoms with Crippen molar-refractivity contribution in [3.63, 3.8) is 0 Å². The topological polar surface area (TPSA) is 45.7 Å². The minimum Gasteiger partial charge on any atom is -0.379 e. The molecule has 0 atom stereocenters. The van der Waals surface area contributed by atoms with Gasteiger partial charge in [0, 0.05) is 36.6 Å². The van der Waals surface area contributed by atoms with Gasteiger partial charge in [-0.25, -0.2) is 4.98 Å². The van der Waals surface area contributed by atoms with Crippen molar-refractivity contribution in [2.75, 3.05) is 50.5 Å². The van der Waals surface area contributed by atoms with Crippen LogP contribution in [0.15, 0.2) is 47.4 Å². The third kappa shape index (κ3) is 5.99. The van der Waals surface area contributed by atoms with Crippen LogP contribution in [0.3, 0.4) is 0 Å². The van der Waals surface area contributed by atoms with Crippen molar-refractivity contribution < 1.29 is 9.53 Å². The molecule has 2 aromatic carbocycles. The molecule has 0 spiro atoms. The lowest BCUT2D eigenvalue weighted by Gasteiger charge is -2.27. The van der Waals surface area contributed by atoms with Crippen LogP contribution < -0.4 is 4.90 Å². The second kappa shape index (κ2) is 11.3. The summed E-state index contributed by atoms with van der Waals surface area (Å²) in [6, 6.07) is 14.1. The number of carbonyl (C=O) groups is 1. The number of halogens is 1. The molecule has 1 saturated heterocycles. The first-order valence-electron chi connectivity index (χ1n) is 10.3. The number of nitrogens with zero attached hydrogens (tertiary/aromatic N) is 3. The maximum Gasteiger partial charge on any atom is 0.260 e. The van der Waals surface area contributed by atoms with Gasteiger partial charge in [-0.05, 0) is 55.5 Å². The number of carbonyl (C=O) groups excluding carboxylic acids is 1. The zero-order valence-electron chi connectivity index (χ0n) is 17.9. The van der Waals surface area contributed by atoms with Crippen molar-refractivity contribution in [1.82, 2.24) is 9.88 Å². The Balaban J connectivity index is 0.00000272. The fraction of sp³-hybridized carbons (Fsp3) is 0.391. The number of thiazole rings is 1. The lowest BCUT2D eigenvalue weighted by atomic mass is 10.2. The number of ether oxygens (including phenoxy) is 1. The van der Waals surface area contributed by atoms with E-state index in [1.54, 1.807) is 23.1 Å². The van der Waals surface area contributed by atoms with Gasteiger partial charge in [-0.15, -0.1) is 24.2 Å². The zero-order chi connectivity index (χ0) is 20.9. The van der Waals surface area contributed by atoms with Gasteiger partial charge in [0.2, 0.25) is 0 Å². The number of hydrogen-bond donors (Lipinski definition) is 0. The average Bonchev–Trinajstić information content (AvgIpc) is 3.19. The number of aryl methyl sites for hydroxylation is 1. The molecule has 0 N–H and O–H groups in total. The first kappa shape index (κ1) is 24.0. The van der Waals surface area contributed by atoms with E-state index in [9.17, 15) is 4.79 Å². The molecule has 4 rings (SSSR count). The molecule has 1 aliphatic rings. The van der Waals surface area contributed by atoms with Crippen LogP contribution in [-0.2, 0) is 4.74 Å². The third-order valence-electron chi connectivity index (χ3n) is 5.29. The minimum atomic E-state index is 0. The zero-order valence-corrected chi connectivity index (χ0v) is 20.3. The summed E-state index contributed by atoms with van der Waals surface area (Å²) in [6.07, 6.45) is 2.93. The van der Waals surface area contributed by atoms with Gasteiger partial charge in [-0.2, -0.15) is 0 Å². The molecule has 0 aliphatic carbocycles. The van der Waals surface area contributed by atoms with Crippen LogP contribution in [0.5, 0.6) is 0 Å². The van der Waals surface area contributed by atoms with Gasteiger partial charge >= 0.3 is 0 Å². The highest BCUT2D eigenvalue weighted by Gasteiger charge is 2.22. The van der Waals surface area contributed by atoms with Gasteiger partial charge < -0.3 is 4.74 Å². The van der Waals surface area contributed by atoms with Crippen LogP contribution in [0.25, 0.3) is 10.2 Å². The van der Waals surface area contributed by atoms with Crippen molar-refractivity contribution in [2.45, 2.75) is 18.2 Å². The maximum absolute atomic E-state index is 13.5. The van der Waals surface area contributed by atoms with Crippen molar-refractivity contribution in [3.05, 3.63) is 53.6 Å². The van der Waals surface area contributed by atoms with Crippen LogP contribution in [0.2, 0.25) is 0 Å². The normalized spacial score (nSPS) is 14.4. The second-order valence-corrected chi connectivity index (χ2v) is 9.35. The van der Waals surface area contributed by atoms with Gasteiger partial charge in [0.1, 0.15) is 0 Å². The second-order valence-electron chi connectivity index (χ2n) is 7.46. The predicted octanol–water partition coefficient (Wildman–Crippen LogP) is 5.12. The Hall–Kier alpha value is -1.64. The number of benzene rings is 2. The standard InChI is InChI=1S/C23H27N3O2S2.ClH/c1-17-7-8-20-21(15-17)30-23(24-20)26(10-4-9-25-11-13-28-14-12-25)22(27)18-5-3-6-19(16-18)29-2;/h3,5-8,15-16H,4,9-14H2,1-2H3;1H. The van der Waals surface area contributed by atoms with E-state index in [4.69, 9.17) is 9.72 Å². The SMILES string of the molecule is CSc1cccc(C(=O)N(CCCN2CCOCC2)c2nc3ccc(C)cc3s2)c1.Cl. The summed E-state index contributed by atoms with van der Waals surface area (Å²) in [5, 5.41) is 0.775. The molecule has 0 unspecified atom stereocenters. The smallest absolute Gasteiger partial charge is 0.260 e. The van der Waals surface area contributed by atoms with E-state index in [0.717, 1.165) is 59.5 Å². The minimum absolute atomic E-state index is 0. The Morgan fingerprint density at radius 2 is 2.03 bits per heavy atom. The molecule has 3 aromatic rings. The molecule has 166 valence electrons. The number of morpholine rings is 1. The van der Waals surface area contributed by atoms with Crippen LogP contribution in [0.4, 0.5) is 5.13 Å². The van der Waals surface area contributed by atoms with E-state index in [1.807, 2.05) is 41.5 Å². The lowest BCUT2D eigenvalue weighted by molar-refractivity contribution is 0.0376. The molecule has 5 nitrogen and oxygen atoms in total. The fourth-order valence-electron chi connectivity index (χ4n) is 3.61. The summed E-state index contributed by atoms with van der Waals surface area (Å²) in [6.45, 7) is 7.20. The molecule has 31 heavy (non-hydrogen) atoms. The third-order valence-corrected chi connectivity index (χ3v) is 7.05. The molecule has 1 fully saturated rings. The summed E-state index contributed by atoms with van der Waals surface area (Å²) < 4.78 is 6.56. The Morgan fingerprint density at radius 1 is 1.23 bits per heavy atom. The van der Waals surface area contributed by atoms with E-state index < -0.39 is 0 Å². The van der Waals surface area contributed by atoms with E-state index in [0.29, 0.717) is 12.1 Å². The summed E-state index contributed by atoms with van der Waals surface area (Å²) in [5.74, 6) is 0.0173. The van der Waals surface area contributed by atoms with Crippen molar-refractivity contribution >= 4 is 56.8 Å². The van der Waals surface area contributed by atoms with E-state index >= 15 is 0 Å². The van der Waals surface area contributed by atoms with Gasteiger partial charge in [0.25, 0.3) is 5.91 Å². The molecular weight excluding hydrogens is 450 g/mol. The van der Waals surface area contributed by atoms with Gasteiger partial charge in [-0.1, -0.05) is 23.5 Å². The Morgan fingerprint density at radius 3 is 2.81 bits per heavy atom. The Bertz CT molecular complexity index is 1020. The predicted molar refractivity (Wildman–Crippen MR) is 133 cm³/mol. The number of rotatable bonds is 7. The molecule has 8 heteroatoms. The highest BCUT2D eigenvalue weighted by atomic mass is 35.5. The molecule has 0 radical (unpaired) electrons. The summed E-state index contributed by atoms with van der Waals surface area (Å²) in [5.41, 5.74) is 2.86. The lowest BCUT2D eigenvalue weighted by Crippen LogP contribution is -2.39. The maximum atomic E-state index is 13.5. The van der Waals surface area contributed by atoms with E-state index in [1.165, 1.54) is 5.56 Å². The van der Waals surface area contributed by atoms with E-state index in [2.05, 4.69) is 24.0 Å². The van der Waals surface area contributed by atoms with Crippen LogP contribution in [0, 0.1) is 6.92 Å². The molecule has 0 bridgehead atoms. The van der Waals surface area contributed by atoms with Crippen LogP contribution in [0.1, 0.15) is 22.3 Å². The number of amides is 1. The number of thioether (sulfide) groups is 1. The molecule has 1 aromatic heterocycles. The highest BCUT2D eigenvalue weighted by Crippen LogP contribution is 2.31. The van der Waals surface area contributed by atoms with Gasteiger partial charge in [0.15, 0.2) is 5.13 Å². The molecule has 0 saturated carbocycles. The van der Waals surface area contributed by atoms with Gasteiger partial charge in [-0.3, -0.25) is 14.6 Å². The summed E-state index contributed by atoms with van der Waals surface area (Å²) >= 11 is 3.24. The number of fused-ring (bicyclic) bond motifs is 1. The molecule has 1 aliphatic heterocycles. The van der Waals surface area contributed by atoms with Crippen LogP contribution >= 0.6 is 35.5 Å². The first-order chi connectivity index (χ1) is 14.6. The average molecular weight is 478 g/mol. The molecule has 1 amide bonds. The number of hydrogen-bond acceptors (Lipinski definition) is 6. The van der Waals surface area contributed by atoms with E-state index in [-0.39, 0.29) is 18.3 Å². The first-order valence-corrected chi connectivity index (χ1v) is 12.3. The fourth-order valence-corrected chi connectivity index (χ4v) is 5.16. The largest absolute Gasteiger partial charge is 0.379 e. The highest BCUT2D eigenvalue weighted by molar-refractivity contribution is 7.98. The van der Waals surface area contributed by atoms with Gasteiger partial charge in [0.05, 0.1) is 23.4 Å². The molecule has 2 heterocycles.